The second-order valence-electron chi connectivity index (χ2n) is 4.41. The molecule has 0 spiro atoms. The summed E-state index contributed by atoms with van der Waals surface area (Å²) in [7, 11) is 0. The fourth-order valence-corrected chi connectivity index (χ4v) is 2.00. The smallest absolute Gasteiger partial charge is 0.163 e. The van der Waals surface area contributed by atoms with Crippen LogP contribution in [0.15, 0.2) is 42.5 Å². The molecule has 0 aliphatic rings. The van der Waals surface area contributed by atoms with E-state index in [0.29, 0.717) is 22.9 Å². The van der Waals surface area contributed by atoms with Gasteiger partial charge in [0.25, 0.3) is 0 Å². The fourth-order valence-electron chi connectivity index (χ4n) is 1.83. The lowest BCUT2D eigenvalue weighted by Gasteiger charge is -2.11. The van der Waals surface area contributed by atoms with Gasteiger partial charge >= 0.3 is 0 Å². The highest BCUT2D eigenvalue weighted by atomic mass is 35.5. The first kappa shape index (κ1) is 13.6. The molecule has 0 saturated heterocycles. The van der Waals surface area contributed by atoms with Crippen molar-refractivity contribution < 1.29 is 9.53 Å². The van der Waals surface area contributed by atoms with Gasteiger partial charge in [-0.1, -0.05) is 35.9 Å². The summed E-state index contributed by atoms with van der Waals surface area (Å²) >= 11 is 5.90. The Morgan fingerprint density at radius 2 is 1.95 bits per heavy atom. The van der Waals surface area contributed by atoms with Gasteiger partial charge in [-0.3, -0.25) is 4.79 Å². The molecule has 0 aromatic heterocycles. The van der Waals surface area contributed by atoms with E-state index in [1.165, 1.54) is 12.5 Å². The molecular formula is C16H15ClO2. The number of hydrogen-bond acceptors (Lipinski definition) is 2. The molecule has 0 saturated carbocycles. The number of Topliss-reactive ketones (excluding diaryl/α,β-unsaturated/α-hetero) is 1. The molecule has 3 heteroatoms. The Bertz CT molecular complexity index is 605. The third-order valence-electron chi connectivity index (χ3n) is 2.97. The molecule has 0 radical (unpaired) electrons. The highest BCUT2D eigenvalue weighted by Gasteiger charge is 2.09. The van der Waals surface area contributed by atoms with Crippen molar-refractivity contribution in [2.75, 3.05) is 0 Å². The first-order chi connectivity index (χ1) is 9.08. The van der Waals surface area contributed by atoms with Crippen LogP contribution < -0.4 is 4.74 Å². The lowest BCUT2D eigenvalue weighted by Crippen LogP contribution is -2.02. The third kappa shape index (κ3) is 3.36. The summed E-state index contributed by atoms with van der Waals surface area (Å²) < 4.78 is 5.74. The number of ether oxygens (including phenoxy) is 1. The summed E-state index contributed by atoms with van der Waals surface area (Å²) in [6, 6.07) is 13.1. The standard InChI is InChI=1S/C16H15ClO2/c1-11-5-3-4-6-13(11)10-19-16-8-7-14(17)9-15(16)12(2)18/h3-9H,10H2,1-2H3. The van der Waals surface area contributed by atoms with Gasteiger partial charge in [-0.25, -0.2) is 0 Å². The van der Waals surface area contributed by atoms with Gasteiger partial charge in [0.2, 0.25) is 0 Å². The summed E-state index contributed by atoms with van der Waals surface area (Å²) in [6.45, 7) is 3.98. The van der Waals surface area contributed by atoms with Crippen molar-refractivity contribution in [2.24, 2.45) is 0 Å². The van der Waals surface area contributed by atoms with E-state index in [9.17, 15) is 4.79 Å². The third-order valence-corrected chi connectivity index (χ3v) is 3.20. The molecule has 0 fully saturated rings. The normalized spacial score (nSPS) is 10.3. The highest BCUT2D eigenvalue weighted by Crippen LogP contribution is 2.24. The Kier molecular flexibility index (Phi) is 4.23. The molecule has 2 aromatic rings. The number of rotatable bonds is 4. The fraction of sp³-hybridized carbons (Fsp3) is 0.188. The predicted molar refractivity (Wildman–Crippen MR) is 77.0 cm³/mol. The molecule has 0 atom stereocenters. The van der Waals surface area contributed by atoms with E-state index >= 15 is 0 Å². The first-order valence-corrected chi connectivity index (χ1v) is 6.43. The zero-order valence-electron chi connectivity index (χ0n) is 10.9. The van der Waals surface area contributed by atoms with Crippen molar-refractivity contribution in [1.82, 2.24) is 0 Å². The van der Waals surface area contributed by atoms with Gasteiger partial charge in [0.05, 0.1) is 5.56 Å². The van der Waals surface area contributed by atoms with Crippen molar-refractivity contribution in [1.29, 1.82) is 0 Å². The Hall–Kier alpha value is -1.80. The van der Waals surface area contributed by atoms with Crippen LogP contribution in [0.3, 0.4) is 0 Å². The lowest BCUT2D eigenvalue weighted by atomic mass is 10.1. The van der Waals surface area contributed by atoms with Crippen LogP contribution >= 0.6 is 11.6 Å². The van der Waals surface area contributed by atoms with Gasteiger partial charge in [0, 0.05) is 5.02 Å². The molecule has 2 nitrogen and oxygen atoms in total. The Morgan fingerprint density at radius 3 is 2.63 bits per heavy atom. The number of aryl methyl sites for hydroxylation is 1. The molecule has 0 unspecified atom stereocenters. The van der Waals surface area contributed by atoms with E-state index in [0.717, 1.165) is 5.56 Å². The van der Waals surface area contributed by atoms with Gasteiger partial charge < -0.3 is 4.74 Å². The van der Waals surface area contributed by atoms with E-state index in [2.05, 4.69) is 0 Å². The van der Waals surface area contributed by atoms with Crippen LogP contribution in [0, 0.1) is 6.92 Å². The number of carbonyl (C=O) groups excluding carboxylic acids is 1. The molecular weight excluding hydrogens is 260 g/mol. The molecule has 0 N–H and O–H groups in total. The SMILES string of the molecule is CC(=O)c1cc(Cl)ccc1OCc1ccccc1C. The van der Waals surface area contributed by atoms with Crippen molar-refractivity contribution in [3.8, 4) is 5.75 Å². The Balaban J connectivity index is 2.20. The molecule has 0 bridgehead atoms. The van der Waals surface area contributed by atoms with Crippen LogP contribution in [0.1, 0.15) is 28.4 Å². The second-order valence-corrected chi connectivity index (χ2v) is 4.85. The minimum absolute atomic E-state index is 0.0534. The van der Waals surface area contributed by atoms with Crippen molar-refractivity contribution in [3.63, 3.8) is 0 Å². The summed E-state index contributed by atoms with van der Waals surface area (Å²) in [5.74, 6) is 0.516. The minimum Gasteiger partial charge on any atom is -0.488 e. The molecule has 19 heavy (non-hydrogen) atoms. The van der Waals surface area contributed by atoms with E-state index < -0.39 is 0 Å². The number of ketones is 1. The number of benzene rings is 2. The Morgan fingerprint density at radius 1 is 1.21 bits per heavy atom. The first-order valence-electron chi connectivity index (χ1n) is 6.05. The molecule has 0 heterocycles. The summed E-state index contributed by atoms with van der Waals surface area (Å²) in [5.41, 5.74) is 2.79. The van der Waals surface area contributed by atoms with Crippen LogP contribution in [-0.4, -0.2) is 5.78 Å². The van der Waals surface area contributed by atoms with Gasteiger partial charge in [0.1, 0.15) is 12.4 Å². The molecule has 0 amide bonds. The summed E-state index contributed by atoms with van der Waals surface area (Å²) in [4.78, 5) is 11.6. The van der Waals surface area contributed by atoms with Crippen molar-refractivity contribution in [2.45, 2.75) is 20.5 Å². The van der Waals surface area contributed by atoms with Gasteiger partial charge in [-0.15, -0.1) is 0 Å². The average molecular weight is 275 g/mol. The van der Waals surface area contributed by atoms with Crippen LogP contribution in [0.4, 0.5) is 0 Å². The maximum absolute atomic E-state index is 11.6. The number of hydrogen-bond donors (Lipinski definition) is 0. The van der Waals surface area contributed by atoms with Gasteiger partial charge in [-0.2, -0.15) is 0 Å². The quantitative estimate of drug-likeness (QED) is 0.771. The number of carbonyl (C=O) groups is 1. The van der Waals surface area contributed by atoms with E-state index in [-0.39, 0.29) is 5.78 Å². The molecule has 2 aromatic carbocycles. The molecule has 98 valence electrons. The zero-order chi connectivity index (χ0) is 13.8. The maximum atomic E-state index is 11.6. The van der Waals surface area contributed by atoms with Gasteiger partial charge in [-0.05, 0) is 43.2 Å². The summed E-state index contributed by atoms with van der Waals surface area (Å²) in [6.07, 6.45) is 0. The average Bonchev–Trinajstić information content (AvgIpc) is 2.38. The number of halogens is 1. The molecule has 0 aliphatic heterocycles. The van der Waals surface area contributed by atoms with E-state index in [4.69, 9.17) is 16.3 Å². The minimum atomic E-state index is -0.0534. The van der Waals surface area contributed by atoms with E-state index in [1.807, 2.05) is 31.2 Å². The van der Waals surface area contributed by atoms with Crippen LogP contribution in [0.5, 0.6) is 5.75 Å². The molecule has 0 aliphatic carbocycles. The predicted octanol–water partition coefficient (Wildman–Crippen LogP) is 4.43. The van der Waals surface area contributed by atoms with Crippen LogP contribution in [-0.2, 0) is 6.61 Å². The summed E-state index contributed by atoms with van der Waals surface area (Å²) in [5, 5.41) is 0.536. The highest BCUT2D eigenvalue weighted by molar-refractivity contribution is 6.31. The van der Waals surface area contributed by atoms with Crippen molar-refractivity contribution in [3.05, 3.63) is 64.2 Å². The van der Waals surface area contributed by atoms with Crippen LogP contribution in [0.2, 0.25) is 5.02 Å². The monoisotopic (exact) mass is 274 g/mol. The van der Waals surface area contributed by atoms with E-state index in [1.54, 1.807) is 18.2 Å². The van der Waals surface area contributed by atoms with Crippen LogP contribution in [0.25, 0.3) is 0 Å². The largest absolute Gasteiger partial charge is 0.488 e. The van der Waals surface area contributed by atoms with Crippen molar-refractivity contribution >= 4 is 17.4 Å². The maximum Gasteiger partial charge on any atom is 0.163 e. The topological polar surface area (TPSA) is 26.3 Å². The van der Waals surface area contributed by atoms with Gasteiger partial charge in [0.15, 0.2) is 5.78 Å². The Labute approximate surface area is 118 Å². The molecule has 2 rings (SSSR count). The zero-order valence-corrected chi connectivity index (χ0v) is 11.7. The second kappa shape index (κ2) is 5.89. The lowest BCUT2D eigenvalue weighted by molar-refractivity contribution is 0.101.